The van der Waals surface area contributed by atoms with Crippen molar-refractivity contribution in [2.24, 2.45) is 0 Å². The molecule has 0 amide bonds. The maximum absolute atomic E-state index is 14.0. The first-order valence-corrected chi connectivity index (χ1v) is 11.0. The summed E-state index contributed by atoms with van der Waals surface area (Å²) in [7, 11) is -2.00. The molecular weight excluding hydrogens is 523 g/mol. The maximum atomic E-state index is 14.0. The minimum absolute atomic E-state index is 0.0696. The molecule has 3 rings (SSSR count). The minimum Gasteiger partial charge on any atom is -0.349 e. The van der Waals surface area contributed by atoms with Crippen molar-refractivity contribution >= 4 is 15.7 Å². The van der Waals surface area contributed by atoms with Crippen molar-refractivity contribution in [2.45, 2.75) is 29.5 Å². The molecular formula is C24H15F9O2S. The zero-order valence-corrected chi connectivity index (χ0v) is 18.7. The summed E-state index contributed by atoms with van der Waals surface area (Å²) in [6, 6.07) is 9.12. The van der Waals surface area contributed by atoms with Crippen LogP contribution in [0.3, 0.4) is 0 Å². The quantitative estimate of drug-likeness (QED) is 0.293. The van der Waals surface area contributed by atoms with Crippen molar-refractivity contribution in [1.29, 1.82) is 0 Å². The fourth-order valence-corrected chi connectivity index (χ4v) is 4.30. The highest BCUT2D eigenvalue weighted by Gasteiger charge is 2.73. The van der Waals surface area contributed by atoms with Crippen LogP contribution >= 0.6 is 0 Å². The number of benzene rings is 3. The highest BCUT2D eigenvalue weighted by molar-refractivity contribution is 7.94. The Morgan fingerprint density at radius 1 is 0.778 bits per heavy atom. The zero-order valence-electron chi connectivity index (χ0n) is 17.9. The molecule has 1 atom stereocenters. The molecule has 0 aliphatic rings. The summed E-state index contributed by atoms with van der Waals surface area (Å²) in [6.07, 6.45) is -12.2. The van der Waals surface area contributed by atoms with Gasteiger partial charge in [0.25, 0.3) is 5.60 Å². The second-order valence-electron chi connectivity index (χ2n) is 7.39. The molecule has 0 N–H and O–H groups in total. The van der Waals surface area contributed by atoms with E-state index in [1.165, 1.54) is 12.1 Å². The maximum Gasteiger partial charge on any atom is 0.430 e. The molecule has 0 saturated carbocycles. The Morgan fingerprint density at radius 3 is 1.75 bits per heavy atom. The van der Waals surface area contributed by atoms with Gasteiger partial charge in [-0.05, 0) is 42.0 Å². The predicted molar refractivity (Wildman–Crippen MR) is 113 cm³/mol. The van der Waals surface area contributed by atoms with Crippen LogP contribution in [0.2, 0.25) is 0 Å². The molecule has 192 valence electrons. The molecule has 0 heterocycles. The van der Waals surface area contributed by atoms with Crippen LogP contribution < -0.4 is 0 Å². The molecule has 0 aromatic heterocycles. The van der Waals surface area contributed by atoms with Gasteiger partial charge in [0.1, 0.15) is 17.5 Å². The topological polar surface area (TPSA) is 26.3 Å². The SMILES string of the molecule is C=C(c1ccc(C(OCc2c(F)cccc2F)(C(F)(F)F)C(F)(F)F)cc1)S(=O)c1ccc(F)cc1. The summed E-state index contributed by atoms with van der Waals surface area (Å²) in [5.41, 5.74) is -7.55. The molecule has 3 aromatic carbocycles. The second-order valence-corrected chi connectivity index (χ2v) is 8.89. The van der Waals surface area contributed by atoms with Gasteiger partial charge in [-0.15, -0.1) is 0 Å². The molecule has 0 fully saturated rings. The first-order valence-electron chi connectivity index (χ1n) is 9.86. The van der Waals surface area contributed by atoms with E-state index < -0.39 is 63.9 Å². The van der Waals surface area contributed by atoms with Gasteiger partial charge in [-0.3, -0.25) is 0 Å². The summed E-state index contributed by atoms with van der Waals surface area (Å²) in [4.78, 5) is -0.0761. The number of ether oxygens (including phenoxy) is 1. The van der Waals surface area contributed by atoms with Gasteiger partial charge in [0.05, 0.1) is 17.4 Å². The van der Waals surface area contributed by atoms with Gasteiger partial charge in [0.2, 0.25) is 0 Å². The molecule has 3 aromatic rings. The van der Waals surface area contributed by atoms with E-state index >= 15 is 0 Å². The standard InChI is InChI=1S/C24H15F9O2S/c1-14(36(34)18-11-9-17(25)10-12-18)15-5-7-16(8-6-15)22(23(28,29)30,24(31,32)33)35-13-19-20(26)3-2-4-21(19)27/h2-12H,1,13H2. The third-order valence-corrected chi connectivity index (χ3v) is 6.54. The van der Waals surface area contributed by atoms with Crippen molar-refractivity contribution in [3.63, 3.8) is 0 Å². The van der Waals surface area contributed by atoms with E-state index in [1.807, 2.05) is 0 Å². The first-order chi connectivity index (χ1) is 16.7. The number of hydrogen-bond donors (Lipinski definition) is 0. The molecule has 36 heavy (non-hydrogen) atoms. The lowest BCUT2D eigenvalue weighted by Gasteiger charge is -2.37. The monoisotopic (exact) mass is 538 g/mol. The summed E-state index contributed by atoms with van der Waals surface area (Å²) >= 11 is 0. The first kappa shape index (κ1) is 27.5. The molecule has 0 spiro atoms. The predicted octanol–water partition coefficient (Wildman–Crippen LogP) is 7.42. The summed E-state index contributed by atoms with van der Waals surface area (Å²) in [6.45, 7) is 1.88. The average Bonchev–Trinajstić information content (AvgIpc) is 2.79. The van der Waals surface area contributed by atoms with Crippen molar-refractivity contribution in [2.75, 3.05) is 0 Å². The van der Waals surface area contributed by atoms with Gasteiger partial charge in [-0.1, -0.05) is 36.9 Å². The van der Waals surface area contributed by atoms with Crippen LogP contribution in [0, 0.1) is 17.5 Å². The highest BCUT2D eigenvalue weighted by atomic mass is 32.2. The largest absolute Gasteiger partial charge is 0.430 e. The Hall–Kier alpha value is -3.12. The van der Waals surface area contributed by atoms with E-state index in [-0.39, 0.29) is 15.4 Å². The second kappa shape index (κ2) is 10.1. The molecule has 12 heteroatoms. The van der Waals surface area contributed by atoms with E-state index in [2.05, 4.69) is 11.3 Å². The van der Waals surface area contributed by atoms with Crippen LogP contribution in [-0.2, 0) is 27.7 Å². The van der Waals surface area contributed by atoms with E-state index in [9.17, 15) is 43.7 Å². The Labute approximate surface area is 201 Å². The normalized spacial score (nSPS) is 13.5. The van der Waals surface area contributed by atoms with Crippen LogP contribution in [0.1, 0.15) is 16.7 Å². The summed E-state index contributed by atoms with van der Waals surface area (Å²) in [5.74, 6) is -3.39. The lowest BCUT2D eigenvalue weighted by Crippen LogP contribution is -2.55. The van der Waals surface area contributed by atoms with Gasteiger partial charge in [-0.25, -0.2) is 17.4 Å². The van der Waals surface area contributed by atoms with Crippen LogP contribution in [0.15, 0.2) is 78.2 Å². The molecule has 0 radical (unpaired) electrons. The van der Waals surface area contributed by atoms with Crippen molar-refractivity contribution in [3.05, 3.63) is 107 Å². The lowest BCUT2D eigenvalue weighted by atomic mass is 9.91. The molecule has 0 bridgehead atoms. The number of rotatable bonds is 7. The third-order valence-electron chi connectivity index (χ3n) is 5.16. The fourth-order valence-electron chi connectivity index (χ4n) is 3.28. The van der Waals surface area contributed by atoms with E-state index in [0.717, 1.165) is 30.3 Å². The van der Waals surface area contributed by atoms with Crippen molar-refractivity contribution in [3.8, 4) is 0 Å². The summed E-state index contributed by atoms with van der Waals surface area (Å²) in [5, 5.41) is 0. The van der Waals surface area contributed by atoms with Gasteiger partial charge in [0.15, 0.2) is 0 Å². The number of hydrogen-bond acceptors (Lipinski definition) is 2. The lowest BCUT2D eigenvalue weighted by molar-refractivity contribution is -0.392. The minimum atomic E-state index is -6.09. The molecule has 0 aliphatic carbocycles. The Balaban J connectivity index is 2.01. The van der Waals surface area contributed by atoms with Crippen LogP contribution in [0.5, 0.6) is 0 Å². The Bertz CT molecular complexity index is 1230. The van der Waals surface area contributed by atoms with Gasteiger partial charge in [0, 0.05) is 20.9 Å². The van der Waals surface area contributed by atoms with Gasteiger partial charge in [-0.2, -0.15) is 26.3 Å². The highest BCUT2D eigenvalue weighted by Crippen LogP contribution is 2.53. The molecule has 0 aliphatic heterocycles. The van der Waals surface area contributed by atoms with Crippen LogP contribution in [0.25, 0.3) is 4.91 Å². The van der Waals surface area contributed by atoms with Gasteiger partial charge < -0.3 is 4.74 Å². The number of alkyl halides is 6. The average molecular weight is 538 g/mol. The van der Waals surface area contributed by atoms with Gasteiger partial charge >= 0.3 is 12.4 Å². The van der Waals surface area contributed by atoms with Crippen LogP contribution in [-0.4, -0.2) is 16.6 Å². The Morgan fingerprint density at radius 2 is 1.28 bits per heavy atom. The fraction of sp³-hybridized carbons (Fsp3) is 0.167. The Kier molecular flexibility index (Phi) is 7.70. The van der Waals surface area contributed by atoms with Crippen molar-refractivity contribution < 1.29 is 48.5 Å². The van der Waals surface area contributed by atoms with E-state index in [4.69, 9.17) is 0 Å². The van der Waals surface area contributed by atoms with Crippen molar-refractivity contribution in [1.82, 2.24) is 0 Å². The number of halogens is 9. The van der Waals surface area contributed by atoms with E-state index in [1.54, 1.807) is 0 Å². The molecule has 1 unspecified atom stereocenters. The smallest absolute Gasteiger partial charge is 0.349 e. The third kappa shape index (κ3) is 5.19. The van der Waals surface area contributed by atoms with E-state index in [0.29, 0.717) is 24.3 Å². The summed E-state index contributed by atoms with van der Waals surface area (Å²) < 4.78 is 142. The zero-order chi connectivity index (χ0) is 26.9. The molecule has 0 saturated heterocycles. The van der Waals surface area contributed by atoms with Crippen LogP contribution in [0.4, 0.5) is 39.5 Å². The molecule has 2 nitrogen and oxygen atoms in total.